The molecule has 0 radical (unpaired) electrons. The largest absolute Gasteiger partial charge is 0.382 e. The number of anilines is 1. The van der Waals surface area contributed by atoms with E-state index in [9.17, 15) is 14.5 Å². The number of hydrogen-bond acceptors (Lipinski definition) is 6. The van der Waals surface area contributed by atoms with Crippen LogP contribution in [0.5, 0.6) is 0 Å². The SMILES string of the molecule is Nc1c(-c2cc(-c3ccc(F)cc3)n[nH]2)nnn1-c1ccc([N+](=O)[O-])cc1. The summed E-state index contributed by atoms with van der Waals surface area (Å²) >= 11 is 0. The molecule has 0 bridgehead atoms. The van der Waals surface area contributed by atoms with E-state index in [1.807, 2.05) is 0 Å². The molecule has 0 spiro atoms. The van der Waals surface area contributed by atoms with Crippen LogP contribution in [0.15, 0.2) is 54.6 Å². The minimum atomic E-state index is -0.485. The van der Waals surface area contributed by atoms with E-state index in [-0.39, 0.29) is 17.3 Å². The molecule has 134 valence electrons. The Bertz CT molecular complexity index is 1120. The van der Waals surface area contributed by atoms with Gasteiger partial charge < -0.3 is 5.73 Å². The molecule has 2 heterocycles. The van der Waals surface area contributed by atoms with Gasteiger partial charge in [-0.3, -0.25) is 15.2 Å². The van der Waals surface area contributed by atoms with Crippen molar-refractivity contribution in [1.29, 1.82) is 0 Å². The Hall–Kier alpha value is -4.08. The Morgan fingerprint density at radius 1 is 1.11 bits per heavy atom. The van der Waals surface area contributed by atoms with Gasteiger partial charge in [0.25, 0.3) is 5.69 Å². The van der Waals surface area contributed by atoms with Gasteiger partial charge in [0.05, 0.1) is 22.0 Å². The van der Waals surface area contributed by atoms with Crippen molar-refractivity contribution in [3.63, 3.8) is 0 Å². The molecule has 3 N–H and O–H groups in total. The zero-order valence-electron chi connectivity index (χ0n) is 13.7. The molecule has 2 aromatic heterocycles. The van der Waals surface area contributed by atoms with Crippen molar-refractivity contribution >= 4 is 11.5 Å². The predicted molar refractivity (Wildman–Crippen MR) is 95.4 cm³/mol. The number of benzene rings is 2. The number of nitrogens with zero attached hydrogens (tertiary/aromatic N) is 5. The first-order chi connectivity index (χ1) is 13.0. The van der Waals surface area contributed by atoms with Crippen LogP contribution in [0.3, 0.4) is 0 Å². The second-order valence-electron chi connectivity index (χ2n) is 5.68. The van der Waals surface area contributed by atoms with Gasteiger partial charge in [-0.05, 0) is 42.5 Å². The van der Waals surface area contributed by atoms with Gasteiger partial charge in [-0.25, -0.2) is 4.39 Å². The standard InChI is InChI=1S/C17H12FN7O2/c18-11-3-1-10(2-4-11)14-9-15(21-20-14)16-17(19)24(23-22-16)12-5-7-13(8-6-12)25(26)27/h1-9H,19H2,(H,20,21). The molecule has 0 aliphatic heterocycles. The molecule has 0 saturated heterocycles. The first-order valence-electron chi connectivity index (χ1n) is 7.80. The van der Waals surface area contributed by atoms with Crippen LogP contribution in [0.1, 0.15) is 0 Å². The third-order valence-corrected chi connectivity index (χ3v) is 3.98. The smallest absolute Gasteiger partial charge is 0.269 e. The second kappa shape index (κ2) is 6.33. The van der Waals surface area contributed by atoms with Gasteiger partial charge >= 0.3 is 0 Å². The van der Waals surface area contributed by atoms with Crippen LogP contribution in [-0.2, 0) is 0 Å². The maximum absolute atomic E-state index is 13.1. The zero-order chi connectivity index (χ0) is 19.0. The van der Waals surface area contributed by atoms with Crippen LogP contribution < -0.4 is 5.73 Å². The molecule has 0 unspecified atom stereocenters. The average molecular weight is 365 g/mol. The topological polar surface area (TPSA) is 129 Å². The van der Waals surface area contributed by atoms with Crippen LogP contribution in [0.25, 0.3) is 28.3 Å². The van der Waals surface area contributed by atoms with Gasteiger partial charge in [0.1, 0.15) is 5.82 Å². The Labute approximate surface area is 151 Å². The van der Waals surface area contributed by atoms with Crippen molar-refractivity contribution < 1.29 is 9.31 Å². The molecular formula is C17H12FN7O2. The molecule has 27 heavy (non-hydrogen) atoms. The number of aromatic amines is 1. The summed E-state index contributed by atoms with van der Waals surface area (Å²) in [7, 11) is 0. The Kier molecular flexibility index (Phi) is 3.84. The van der Waals surface area contributed by atoms with Crippen LogP contribution >= 0.6 is 0 Å². The van der Waals surface area contributed by atoms with Gasteiger partial charge in [0.2, 0.25) is 0 Å². The van der Waals surface area contributed by atoms with E-state index in [1.165, 1.54) is 41.1 Å². The molecule has 0 amide bonds. The third-order valence-electron chi connectivity index (χ3n) is 3.98. The fourth-order valence-corrected chi connectivity index (χ4v) is 2.60. The first-order valence-corrected chi connectivity index (χ1v) is 7.80. The number of nitrogen functional groups attached to an aromatic ring is 1. The summed E-state index contributed by atoms with van der Waals surface area (Å²) in [6.07, 6.45) is 0. The minimum absolute atomic E-state index is 0.0323. The van der Waals surface area contributed by atoms with E-state index >= 15 is 0 Å². The maximum atomic E-state index is 13.1. The summed E-state index contributed by atoms with van der Waals surface area (Å²) in [4.78, 5) is 10.3. The number of halogens is 1. The van der Waals surface area contributed by atoms with Crippen LogP contribution in [-0.4, -0.2) is 30.1 Å². The molecule has 10 heteroatoms. The monoisotopic (exact) mass is 365 g/mol. The van der Waals surface area contributed by atoms with Crippen molar-refractivity contribution in [3.8, 4) is 28.3 Å². The molecule has 0 aliphatic rings. The average Bonchev–Trinajstić information content (AvgIpc) is 3.29. The maximum Gasteiger partial charge on any atom is 0.269 e. The van der Waals surface area contributed by atoms with Gasteiger partial charge in [0, 0.05) is 17.7 Å². The molecule has 0 atom stereocenters. The highest BCUT2D eigenvalue weighted by Crippen LogP contribution is 2.28. The summed E-state index contributed by atoms with van der Waals surface area (Å²) in [5, 5.41) is 25.9. The van der Waals surface area contributed by atoms with Gasteiger partial charge in [0.15, 0.2) is 11.5 Å². The van der Waals surface area contributed by atoms with Gasteiger partial charge in [-0.2, -0.15) is 9.78 Å². The Morgan fingerprint density at radius 2 is 1.81 bits per heavy atom. The second-order valence-corrected chi connectivity index (χ2v) is 5.68. The number of rotatable bonds is 4. The molecule has 4 aromatic rings. The number of nitrogens with one attached hydrogen (secondary N) is 1. The first kappa shape index (κ1) is 16.4. The summed E-state index contributed by atoms with van der Waals surface area (Å²) in [6.45, 7) is 0. The van der Waals surface area contributed by atoms with Crippen LogP contribution in [0, 0.1) is 15.9 Å². The van der Waals surface area contributed by atoms with E-state index < -0.39 is 4.92 Å². The highest BCUT2D eigenvalue weighted by molar-refractivity contribution is 5.72. The van der Waals surface area contributed by atoms with Crippen LogP contribution in [0.4, 0.5) is 15.9 Å². The number of non-ortho nitro benzene ring substituents is 1. The molecule has 0 aliphatic carbocycles. The molecule has 0 fully saturated rings. The number of nitro benzene ring substituents is 1. The van der Waals surface area contributed by atoms with Crippen molar-refractivity contribution in [2.45, 2.75) is 0 Å². The van der Waals surface area contributed by atoms with E-state index in [0.717, 1.165) is 5.56 Å². The van der Waals surface area contributed by atoms with E-state index in [4.69, 9.17) is 5.73 Å². The lowest BCUT2D eigenvalue weighted by Crippen LogP contribution is -2.02. The number of aromatic nitrogens is 5. The van der Waals surface area contributed by atoms with Crippen molar-refractivity contribution in [1.82, 2.24) is 25.2 Å². The summed E-state index contributed by atoms with van der Waals surface area (Å²) in [6, 6.07) is 13.4. The summed E-state index contributed by atoms with van der Waals surface area (Å²) in [5.74, 6) is -0.0806. The number of H-pyrrole nitrogens is 1. The predicted octanol–water partition coefficient (Wildman–Crippen LogP) is 2.95. The van der Waals surface area contributed by atoms with Crippen LogP contribution in [0.2, 0.25) is 0 Å². The van der Waals surface area contributed by atoms with Crippen molar-refractivity contribution in [2.75, 3.05) is 5.73 Å². The quantitative estimate of drug-likeness (QED) is 0.422. The van der Waals surface area contributed by atoms with Gasteiger partial charge in [-0.15, -0.1) is 5.10 Å². The fraction of sp³-hybridized carbons (Fsp3) is 0. The van der Waals surface area contributed by atoms with E-state index in [2.05, 4.69) is 20.5 Å². The molecule has 9 nitrogen and oxygen atoms in total. The number of nitro groups is 1. The number of hydrogen-bond donors (Lipinski definition) is 2. The number of nitrogens with two attached hydrogens (primary N) is 1. The highest BCUT2D eigenvalue weighted by Gasteiger charge is 2.16. The van der Waals surface area contributed by atoms with Crippen molar-refractivity contribution in [2.24, 2.45) is 0 Å². The fourth-order valence-electron chi connectivity index (χ4n) is 2.60. The minimum Gasteiger partial charge on any atom is -0.382 e. The van der Waals surface area contributed by atoms with Crippen molar-refractivity contribution in [3.05, 3.63) is 70.5 Å². The van der Waals surface area contributed by atoms with E-state index in [1.54, 1.807) is 18.2 Å². The third kappa shape index (κ3) is 2.99. The molecular weight excluding hydrogens is 353 g/mol. The van der Waals surface area contributed by atoms with Gasteiger partial charge in [-0.1, -0.05) is 5.21 Å². The molecule has 2 aromatic carbocycles. The lowest BCUT2D eigenvalue weighted by molar-refractivity contribution is -0.384. The molecule has 0 saturated carbocycles. The lowest BCUT2D eigenvalue weighted by atomic mass is 10.1. The Morgan fingerprint density at radius 3 is 2.48 bits per heavy atom. The zero-order valence-corrected chi connectivity index (χ0v) is 13.7. The summed E-state index contributed by atoms with van der Waals surface area (Å²) < 4.78 is 14.4. The highest BCUT2D eigenvalue weighted by atomic mass is 19.1. The normalized spacial score (nSPS) is 10.9. The Balaban J connectivity index is 1.66. The van der Waals surface area contributed by atoms with E-state index in [0.29, 0.717) is 22.8 Å². The summed E-state index contributed by atoms with van der Waals surface area (Å²) in [5.41, 5.74) is 8.91. The lowest BCUT2D eigenvalue weighted by Gasteiger charge is -2.02. The molecule has 4 rings (SSSR count).